The third-order valence-corrected chi connectivity index (χ3v) is 7.11. The molecular formula is C24H38O8. The zero-order chi connectivity index (χ0) is 24.3. The van der Waals surface area contributed by atoms with E-state index in [2.05, 4.69) is 13.2 Å². The minimum atomic E-state index is -0.967. The number of ether oxygens (including phenoxy) is 6. The number of hydrogen-bond donors (Lipinski definition) is 1. The Morgan fingerprint density at radius 2 is 1.22 bits per heavy atom. The van der Waals surface area contributed by atoms with Gasteiger partial charge in [-0.25, -0.2) is 4.79 Å². The summed E-state index contributed by atoms with van der Waals surface area (Å²) in [5.74, 6) is -1.65. The third kappa shape index (κ3) is 4.41. The molecule has 4 aliphatic rings. The summed E-state index contributed by atoms with van der Waals surface area (Å²) in [6.45, 7) is 22.5. The maximum absolute atomic E-state index is 11.8. The number of carbonyl (C=O) groups excluding carboxylic acids is 1. The fourth-order valence-corrected chi connectivity index (χ4v) is 4.68. The molecule has 9 atom stereocenters. The van der Waals surface area contributed by atoms with E-state index in [0.717, 1.165) is 0 Å². The summed E-state index contributed by atoms with van der Waals surface area (Å²) in [7, 11) is 0. The summed E-state index contributed by atoms with van der Waals surface area (Å²) in [5, 5.41) is 9.92. The number of esters is 1. The zero-order valence-electron chi connectivity index (χ0n) is 20.4. The molecule has 4 saturated heterocycles. The van der Waals surface area contributed by atoms with Crippen LogP contribution in [0.25, 0.3) is 0 Å². The van der Waals surface area contributed by atoms with E-state index in [1.165, 1.54) is 0 Å². The van der Waals surface area contributed by atoms with Crippen LogP contribution in [0.1, 0.15) is 55.4 Å². The van der Waals surface area contributed by atoms with E-state index >= 15 is 0 Å². The van der Waals surface area contributed by atoms with Gasteiger partial charge in [-0.05, 0) is 47.6 Å². The second kappa shape index (κ2) is 8.18. The maximum atomic E-state index is 11.8. The van der Waals surface area contributed by atoms with E-state index in [-0.39, 0.29) is 30.0 Å². The Morgan fingerprint density at radius 1 is 0.750 bits per heavy atom. The van der Waals surface area contributed by atoms with Crippen LogP contribution in [0.4, 0.5) is 0 Å². The fourth-order valence-electron chi connectivity index (χ4n) is 4.68. The minimum absolute atomic E-state index is 0.0227. The zero-order valence-corrected chi connectivity index (χ0v) is 20.4. The van der Waals surface area contributed by atoms with Crippen molar-refractivity contribution in [3.8, 4) is 0 Å². The molecule has 0 aromatic carbocycles. The molecule has 0 aromatic rings. The van der Waals surface area contributed by atoms with E-state index in [1.54, 1.807) is 26.0 Å². The highest BCUT2D eigenvalue weighted by Gasteiger charge is 2.58. The summed E-state index contributed by atoms with van der Waals surface area (Å²) in [4.78, 5) is 11.8. The van der Waals surface area contributed by atoms with Crippen molar-refractivity contribution in [3.63, 3.8) is 0 Å². The molecule has 0 radical (unpaired) electrons. The van der Waals surface area contributed by atoms with E-state index in [9.17, 15) is 9.90 Å². The Kier molecular flexibility index (Phi) is 6.48. The topological polar surface area (TPSA) is 92.7 Å². The number of fused-ring (bicyclic) bond motifs is 2. The maximum Gasteiger partial charge on any atom is 0.339 e. The van der Waals surface area contributed by atoms with Crippen LogP contribution in [0.2, 0.25) is 0 Å². The lowest BCUT2D eigenvalue weighted by molar-refractivity contribution is -0.263. The van der Waals surface area contributed by atoms with E-state index in [0.29, 0.717) is 0 Å². The van der Waals surface area contributed by atoms with Crippen LogP contribution in [0.5, 0.6) is 0 Å². The molecular weight excluding hydrogens is 416 g/mol. The van der Waals surface area contributed by atoms with E-state index < -0.39 is 41.3 Å². The van der Waals surface area contributed by atoms with Crippen molar-refractivity contribution >= 4 is 5.97 Å². The van der Waals surface area contributed by atoms with Crippen LogP contribution in [0.3, 0.4) is 0 Å². The van der Waals surface area contributed by atoms with Crippen molar-refractivity contribution in [3.05, 3.63) is 25.3 Å². The Morgan fingerprint density at radius 3 is 1.78 bits per heavy atom. The van der Waals surface area contributed by atoms with Gasteiger partial charge in [0.1, 0.15) is 17.8 Å². The van der Waals surface area contributed by atoms with Crippen LogP contribution in [-0.4, -0.2) is 64.6 Å². The SMILES string of the molecule is C=C[C@]1(C)OC(=O)[C@@H]2OC(C)(C)O[C@@H]2[C@H]1C.C=C[C@]1(C)OC(O)[C@@H]2OC(C)(C)O[C@@H]2[C@H]1C. The summed E-state index contributed by atoms with van der Waals surface area (Å²) in [6.07, 6.45) is 0.940. The molecule has 4 aliphatic heterocycles. The van der Waals surface area contributed by atoms with Gasteiger partial charge in [-0.3, -0.25) is 0 Å². The lowest BCUT2D eigenvalue weighted by Gasteiger charge is -2.44. The van der Waals surface area contributed by atoms with Gasteiger partial charge in [0, 0.05) is 11.8 Å². The summed E-state index contributed by atoms with van der Waals surface area (Å²) < 4.78 is 33.7. The van der Waals surface area contributed by atoms with E-state index in [1.807, 2.05) is 41.5 Å². The van der Waals surface area contributed by atoms with Crippen LogP contribution in [0, 0.1) is 11.8 Å². The highest BCUT2D eigenvalue weighted by atomic mass is 16.8. The third-order valence-electron chi connectivity index (χ3n) is 7.11. The van der Waals surface area contributed by atoms with Gasteiger partial charge in [-0.15, -0.1) is 6.58 Å². The molecule has 0 aliphatic carbocycles. The van der Waals surface area contributed by atoms with Crippen LogP contribution >= 0.6 is 0 Å². The Labute approximate surface area is 190 Å². The van der Waals surface area contributed by atoms with Crippen LogP contribution in [-0.2, 0) is 33.2 Å². The molecule has 8 nitrogen and oxygen atoms in total. The number of cyclic esters (lactones) is 1. The largest absolute Gasteiger partial charge is 0.453 e. The molecule has 32 heavy (non-hydrogen) atoms. The van der Waals surface area contributed by atoms with Crippen molar-refractivity contribution in [2.45, 2.75) is 109 Å². The molecule has 0 bridgehead atoms. The number of aliphatic hydroxyl groups excluding tert-OH is 1. The van der Waals surface area contributed by atoms with Gasteiger partial charge < -0.3 is 33.5 Å². The first-order valence-corrected chi connectivity index (χ1v) is 11.2. The molecule has 4 fully saturated rings. The lowest BCUT2D eigenvalue weighted by Crippen LogP contribution is -2.56. The van der Waals surface area contributed by atoms with Crippen molar-refractivity contribution in [2.75, 3.05) is 0 Å². The smallest absolute Gasteiger partial charge is 0.339 e. The molecule has 182 valence electrons. The number of aliphatic hydroxyl groups is 1. The van der Waals surface area contributed by atoms with E-state index in [4.69, 9.17) is 28.4 Å². The Balaban J connectivity index is 0.000000181. The highest BCUT2D eigenvalue weighted by Crippen LogP contribution is 2.44. The number of hydrogen-bond acceptors (Lipinski definition) is 8. The average molecular weight is 455 g/mol. The van der Waals surface area contributed by atoms with Gasteiger partial charge in [0.25, 0.3) is 0 Å². The summed E-state index contributed by atoms with van der Waals surface area (Å²) in [6, 6.07) is 0. The average Bonchev–Trinajstić information content (AvgIpc) is 3.21. The van der Waals surface area contributed by atoms with Crippen molar-refractivity contribution in [1.82, 2.24) is 0 Å². The normalized spacial score (nSPS) is 48.5. The molecule has 0 saturated carbocycles. The highest BCUT2D eigenvalue weighted by molar-refractivity contribution is 5.77. The molecule has 0 amide bonds. The van der Waals surface area contributed by atoms with Crippen molar-refractivity contribution < 1.29 is 38.3 Å². The first-order valence-electron chi connectivity index (χ1n) is 11.2. The first kappa shape index (κ1) is 25.3. The van der Waals surface area contributed by atoms with Crippen molar-refractivity contribution in [1.29, 1.82) is 0 Å². The Bertz CT molecular complexity index is 763. The van der Waals surface area contributed by atoms with Gasteiger partial charge in [-0.2, -0.15) is 0 Å². The second-order valence-electron chi connectivity index (χ2n) is 10.4. The van der Waals surface area contributed by atoms with Crippen LogP contribution < -0.4 is 0 Å². The number of rotatable bonds is 2. The van der Waals surface area contributed by atoms with Crippen molar-refractivity contribution in [2.24, 2.45) is 11.8 Å². The summed E-state index contributed by atoms with van der Waals surface area (Å²) >= 11 is 0. The monoisotopic (exact) mass is 454 g/mol. The molecule has 4 rings (SSSR count). The van der Waals surface area contributed by atoms with Crippen LogP contribution in [0.15, 0.2) is 25.3 Å². The predicted octanol–water partition coefficient (Wildman–Crippen LogP) is 3.08. The number of carbonyl (C=O) groups is 1. The fraction of sp³-hybridized carbons (Fsp3) is 0.792. The Hall–Kier alpha value is -1.29. The minimum Gasteiger partial charge on any atom is -0.453 e. The second-order valence-corrected chi connectivity index (χ2v) is 10.4. The van der Waals surface area contributed by atoms with Gasteiger partial charge in [0.15, 0.2) is 24.0 Å². The van der Waals surface area contributed by atoms with Gasteiger partial charge >= 0.3 is 5.97 Å². The molecule has 1 unspecified atom stereocenters. The molecule has 0 aromatic heterocycles. The van der Waals surface area contributed by atoms with Gasteiger partial charge in [0.2, 0.25) is 0 Å². The quantitative estimate of drug-likeness (QED) is 0.503. The first-order chi connectivity index (χ1) is 14.6. The lowest BCUT2D eigenvalue weighted by atomic mass is 9.81. The molecule has 8 heteroatoms. The standard InChI is InChI=1S/C12H20O4.C12H18O4/c2*1-6-12(5)7(2)8-9(10(13)16-12)15-11(3,4)14-8/h6-10,13H,1H2,2-5H3;6-9H,1H2,2-5H3/t7-,8-,9-,10?,12+;7-,8-,9-,12+/m11/s1. The summed E-state index contributed by atoms with van der Waals surface area (Å²) in [5.41, 5.74) is -1.26. The predicted molar refractivity (Wildman–Crippen MR) is 116 cm³/mol. The molecule has 4 heterocycles. The van der Waals surface area contributed by atoms with Gasteiger partial charge in [0.05, 0.1) is 11.7 Å². The molecule has 1 N–H and O–H groups in total. The molecule has 0 spiro atoms. The van der Waals surface area contributed by atoms with Gasteiger partial charge in [-0.1, -0.05) is 26.5 Å².